The SMILES string of the molecule is Cc1ccc(CCC(=O)NCCNC(=O)C(C)(C)CCl)cc1. The smallest absolute Gasteiger partial charge is 0.226 e. The van der Waals surface area contributed by atoms with Crippen LogP contribution < -0.4 is 10.6 Å². The molecule has 0 unspecified atom stereocenters. The van der Waals surface area contributed by atoms with Gasteiger partial charge in [-0.25, -0.2) is 0 Å². The summed E-state index contributed by atoms with van der Waals surface area (Å²) in [5.74, 6) is 0.157. The number of carbonyl (C=O) groups excluding carboxylic acids is 2. The molecule has 0 saturated heterocycles. The highest BCUT2D eigenvalue weighted by molar-refractivity contribution is 6.19. The predicted octanol–water partition coefficient (Wildman–Crippen LogP) is 2.43. The van der Waals surface area contributed by atoms with E-state index in [0.29, 0.717) is 19.5 Å². The summed E-state index contributed by atoms with van der Waals surface area (Å²) in [4.78, 5) is 23.5. The van der Waals surface area contributed by atoms with Crippen LogP contribution in [0.5, 0.6) is 0 Å². The molecule has 0 spiro atoms. The van der Waals surface area contributed by atoms with E-state index >= 15 is 0 Å². The van der Waals surface area contributed by atoms with E-state index in [1.54, 1.807) is 13.8 Å². The van der Waals surface area contributed by atoms with Crippen LogP contribution in [-0.4, -0.2) is 30.8 Å². The first-order chi connectivity index (χ1) is 10.3. The lowest BCUT2D eigenvalue weighted by atomic mass is 9.95. The van der Waals surface area contributed by atoms with Gasteiger partial charge in [-0.3, -0.25) is 9.59 Å². The van der Waals surface area contributed by atoms with Gasteiger partial charge < -0.3 is 10.6 Å². The van der Waals surface area contributed by atoms with Gasteiger partial charge in [-0.1, -0.05) is 29.8 Å². The molecule has 0 aliphatic carbocycles. The second kappa shape index (κ2) is 8.79. The van der Waals surface area contributed by atoms with Crippen molar-refractivity contribution in [3.8, 4) is 0 Å². The molecule has 0 atom stereocenters. The molecule has 0 bridgehead atoms. The van der Waals surface area contributed by atoms with E-state index in [0.717, 1.165) is 12.0 Å². The van der Waals surface area contributed by atoms with Crippen LogP contribution in [0.1, 0.15) is 31.4 Å². The van der Waals surface area contributed by atoms with E-state index < -0.39 is 5.41 Å². The van der Waals surface area contributed by atoms with E-state index in [4.69, 9.17) is 11.6 Å². The standard InChI is InChI=1S/C17H25ClN2O2/c1-13-4-6-14(7-5-13)8-9-15(21)19-10-11-20-16(22)17(2,3)12-18/h4-7H,8-12H2,1-3H3,(H,19,21)(H,20,22). The Bertz CT molecular complexity index is 498. The maximum Gasteiger partial charge on any atom is 0.226 e. The van der Waals surface area contributed by atoms with Crippen LogP contribution in [0.25, 0.3) is 0 Å². The first kappa shape index (κ1) is 18.5. The van der Waals surface area contributed by atoms with Gasteiger partial charge in [-0.2, -0.15) is 0 Å². The predicted molar refractivity (Wildman–Crippen MR) is 90.0 cm³/mol. The monoisotopic (exact) mass is 324 g/mol. The Morgan fingerprint density at radius 1 is 1.09 bits per heavy atom. The Balaban J connectivity index is 2.18. The molecule has 1 aromatic carbocycles. The van der Waals surface area contributed by atoms with E-state index in [1.807, 2.05) is 31.2 Å². The Morgan fingerprint density at radius 3 is 2.27 bits per heavy atom. The number of alkyl halides is 1. The number of rotatable bonds is 8. The van der Waals surface area contributed by atoms with Crippen molar-refractivity contribution in [2.45, 2.75) is 33.6 Å². The fourth-order valence-corrected chi connectivity index (χ4v) is 1.90. The fourth-order valence-electron chi connectivity index (χ4n) is 1.78. The van der Waals surface area contributed by atoms with Gasteiger partial charge in [-0.15, -0.1) is 11.6 Å². The summed E-state index contributed by atoms with van der Waals surface area (Å²) < 4.78 is 0. The van der Waals surface area contributed by atoms with Gasteiger partial charge in [0.1, 0.15) is 0 Å². The van der Waals surface area contributed by atoms with Crippen LogP contribution in [0.3, 0.4) is 0 Å². The number of amides is 2. The van der Waals surface area contributed by atoms with E-state index in [9.17, 15) is 9.59 Å². The van der Waals surface area contributed by atoms with Gasteiger partial charge >= 0.3 is 0 Å². The topological polar surface area (TPSA) is 58.2 Å². The first-order valence-electron chi connectivity index (χ1n) is 7.51. The lowest BCUT2D eigenvalue weighted by molar-refractivity contribution is -0.128. The van der Waals surface area contributed by atoms with Crippen molar-refractivity contribution in [3.05, 3.63) is 35.4 Å². The normalized spacial score (nSPS) is 11.1. The van der Waals surface area contributed by atoms with Crippen LogP contribution >= 0.6 is 11.6 Å². The van der Waals surface area contributed by atoms with Crippen molar-refractivity contribution in [1.82, 2.24) is 10.6 Å². The molecule has 1 aromatic rings. The third-order valence-corrected chi connectivity index (χ3v) is 4.11. The molecule has 0 aromatic heterocycles. The molecule has 122 valence electrons. The minimum Gasteiger partial charge on any atom is -0.354 e. The molecule has 0 saturated carbocycles. The average molecular weight is 325 g/mol. The maximum atomic E-state index is 11.8. The molecule has 2 amide bonds. The van der Waals surface area contributed by atoms with Crippen molar-refractivity contribution in [1.29, 1.82) is 0 Å². The molecule has 22 heavy (non-hydrogen) atoms. The molecule has 0 fully saturated rings. The van der Waals surface area contributed by atoms with Gasteiger partial charge in [0.15, 0.2) is 0 Å². The van der Waals surface area contributed by atoms with E-state index in [-0.39, 0.29) is 17.7 Å². The van der Waals surface area contributed by atoms with Crippen molar-refractivity contribution >= 4 is 23.4 Å². The molecular weight excluding hydrogens is 300 g/mol. The zero-order chi connectivity index (χ0) is 16.6. The maximum absolute atomic E-state index is 11.8. The Kier molecular flexibility index (Phi) is 7.39. The number of halogens is 1. The molecule has 0 heterocycles. The van der Waals surface area contributed by atoms with Gasteiger partial charge in [0.2, 0.25) is 11.8 Å². The summed E-state index contributed by atoms with van der Waals surface area (Å²) in [7, 11) is 0. The quantitative estimate of drug-likeness (QED) is 0.570. The molecule has 2 N–H and O–H groups in total. The zero-order valence-electron chi connectivity index (χ0n) is 13.5. The second-order valence-electron chi connectivity index (χ2n) is 6.11. The van der Waals surface area contributed by atoms with Crippen molar-refractivity contribution in [2.24, 2.45) is 5.41 Å². The number of carbonyl (C=O) groups is 2. The number of benzene rings is 1. The second-order valence-corrected chi connectivity index (χ2v) is 6.38. The molecule has 1 rings (SSSR count). The van der Waals surface area contributed by atoms with Crippen molar-refractivity contribution < 1.29 is 9.59 Å². The minimum atomic E-state index is -0.586. The number of hydrogen-bond donors (Lipinski definition) is 2. The van der Waals surface area contributed by atoms with Crippen LogP contribution in [0.4, 0.5) is 0 Å². The lowest BCUT2D eigenvalue weighted by Gasteiger charge is -2.20. The summed E-state index contributed by atoms with van der Waals surface area (Å²) >= 11 is 5.73. The third-order valence-electron chi connectivity index (χ3n) is 3.44. The minimum absolute atomic E-state index is 0.00794. The summed E-state index contributed by atoms with van der Waals surface area (Å²) in [5, 5.41) is 5.57. The lowest BCUT2D eigenvalue weighted by Crippen LogP contribution is -2.41. The zero-order valence-corrected chi connectivity index (χ0v) is 14.3. The van der Waals surface area contributed by atoms with Crippen LogP contribution in [0.15, 0.2) is 24.3 Å². The van der Waals surface area contributed by atoms with E-state index in [1.165, 1.54) is 5.56 Å². The highest BCUT2D eigenvalue weighted by atomic mass is 35.5. The van der Waals surface area contributed by atoms with Crippen LogP contribution in [0, 0.1) is 12.3 Å². The Hall–Kier alpha value is -1.55. The van der Waals surface area contributed by atoms with Gasteiger partial charge in [-0.05, 0) is 32.8 Å². The molecule has 4 nitrogen and oxygen atoms in total. The van der Waals surface area contributed by atoms with Crippen molar-refractivity contribution in [2.75, 3.05) is 19.0 Å². The summed E-state index contributed by atoms with van der Waals surface area (Å²) in [6.07, 6.45) is 1.17. The van der Waals surface area contributed by atoms with Gasteiger partial charge in [0, 0.05) is 25.4 Å². The molecule has 0 aliphatic rings. The first-order valence-corrected chi connectivity index (χ1v) is 8.05. The molecule has 0 radical (unpaired) electrons. The van der Waals surface area contributed by atoms with Gasteiger partial charge in [0.25, 0.3) is 0 Å². The molecular formula is C17H25ClN2O2. The van der Waals surface area contributed by atoms with Crippen LogP contribution in [0.2, 0.25) is 0 Å². The Labute approximate surface area is 137 Å². The summed E-state index contributed by atoms with van der Waals surface area (Å²) in [5.41, 5.74) is 1.78. The number of nitrogens with one attached hydrogen (secondary N) is 2. The van der Waals surface area contributed by atoms with Crippen LogP contribution in [-0.2, 0) is 16.0 Å². The summed E-state index contributed by atoms with van der Waals surface area (Å²) in [6, 6.07) is 8.16. The highest BCUT2D eigenvalue weighted by Crippen LogP contribution is 2.16. The number of aryl methyl sites for hydroxylation is 2. The number of hydrogen-bond acceptors (Lipinski definition) is 2. The Morgan fingerprint density at radius 2 is 1.68 bits per heavy atom. The third kappa shape index (κ3) is 6.48. The fraction of sp³-hybridized carbons (Fsp3) is 0.529. The largest absolute Gasteiger partial charge is 0.354 e. The van der Waals surface area contributed by atoms with E-state index in [2.05, 4.69) is 10.6 Å². The highest BCUT2D eigenvalue weighted by Gasteiger charge is 2.25. The molecule has 0 aliphatic heterocycles. The van der Waals surface area contributed by atoms with Gasteiger partial charge in [0.05, 0.1) is 5.41 Å². The van der Waals surface area contributed by atoms with Crippen molar-refractivity contribution in [3.63, 3.8) is 0 Å². The average Bonchev–Trinajstić information content (AvgIpc) is 2.50. The summed E-state index contributed by atoms with van der Waals surface area (Å²) in [6.45, 7) is 6.45. The molecule has 5 heteroatoms.